The number of aliphatic hydroxyl groups is 1. The molecule has 4 atom stereocenters. The number of benzene rings is 3. The van der Waals surface area contributed by atoms with Gasteiger partial charge in [0.05, 0.1) is 24.6 Å². The van der Waals surface area contributed by atoms with Gasteiger partial charge in [-0.25, -0.2) is 0 Å². The standard InChI is InChI=1S/C33H37N3O6S/c1-20-22(13-9-14-26(20)37)30(39)35-25(18-21-10-5-4-6-11-21)28(38)32(41)36-19-43-33(2,3)29(36)31(40)34-24-16-17-42-27-15-8-7-12-23(24)27/h4-15,24-25,28-29,37-38H,16-19H2,1-3H3,(H,34,40)(H,35,39)/t24-,25-,28-,29+/m0/s1. The van der Waals surface area contributed by atoms with E-state index in [0.29, 0.717) is 18.6 Å². The third kappa shape index (κ3) is 6.50. The molecule has 226 valence electrons. The number of carbonyl (C=O) groups is 3. The second-order valence-corrected chi connectivity index (χ2v) is 13.1. The van der Waals surface area contributed by atoms with Crippen LogP contribution in [-0.2, 0) is 16.0 Å². The van der Waals surface area contributed by atoms with E-state index in [-0.39, 0.29) is 35.6 Å². The maximum Gasteiger partial charge on any atom is 0.254 e. The lowest BCUT2D eigenvalue weighted by atomic mass is 9.95. The van der Waals surface area contributed by atoms with Crippen molar-refractivity contribution in [1.29, 1.82) is 0 Å². The summed E-state index contributed by atoms with van der Waals surface area (Å²) in [6, 6.07) is 19.3. The van der Waals surface area contributed by atoms with Crippen LogP contribution in [0.3, 0.4) is 0 Å². The lowest BCUT2D eigenvalue weighted by Crippen LogP contribution is -2.59. The number of hydrogen-bond donors (Lipinski definition) is 4. The number of ether oxygens (including phenoxy) is 1. The molecule has 5 rings (SSSR count). The summed E-state index contributed by atoms with van der Waals surface area (Å²) in [4.78, 5) is 42.6. The summed E-state index contributed by atoms with van der Waals surface area (Å²) in [7, 11) is 0. The van der Waals surface area contributed by atoms with Crippen LogP contribution in [0, 0.1) is 6.92 Å². The first kappa shape index (κ1) is 30.4. The Bertz CT molecular complexity index is 1500. The van der Waals surface area contributed by atoms with E-state index in [0.717, 1.165) is 16.9 Å². The second-order valence-electron chi connectivity index (χ2n) is 11.5. The molecule has 3 aromatic carbocycles. The Kier molecular flexibility index (Phi) is 8.98. The molecule has 2 aliphatic heterocycles. The van der Waals surface area contributed by atoms with E-state index < -0.39 is 34.7 Å². The number of carbonyl (C=O) groups excluding carboxylic acids is 3. The summed E-state index contributed by atoms with van der Waals surface area (Å²) in [5.74, 6) is -0.561. The number of hydrogen-bond acceptors (Lipinski definition) is 7. The predicted octanol–water partition coefficient (Wildman–Crippen LogP) is 3.72. The summed E-state index contributed by atoms with van der Waals surface area (Å²) in [5, 5.41) is 27.6. The SMILES string of the molecule is Cc1c(O)cccc1C(=O)N[C@@H](Cc1ccccc1)[C@H](O)C(=O)N1CSC(C)(C)[C@H]1C(=O)N[C@H]1CCOc2ccccc21. The first-order chi connectivity index (χ1) is 20.6. The number of aromatic hydroxyl groups is 1. The van der Waals surface area contributed by atoms with Gasteiger partial charge in [0.1, 0.15) is 17.5 Å². The van der Waals surface area contributed by atoms with Gasteiger partial charge in [0, 0.05) is 27.9 Å². The molecular weight excluding hydrogens is 566 g/mol. The fourth-order valence-electron chi connectivity index (χ4n) is 5.72. The van der Waals surface area contributed by atoms with Crippen molar-refractivity contribution >= 4 is 29.5 Å². The summed E-state index contributed by atoms with van der Waals surface area (Å²) in [6.45, 7) is 5.91. The molecule has 3 amide bonds. The van der Waals surface area contributed by atoms with Crippen LogP contribution in [-0.4, -0.2) is 68.3 Å². The molecule has 10 heteroatoms. The topological polar surface area (TPSA) is 128 Å². The molecule has 0 aliphatic carbocycles. The molecule has 0 bridgehead atoms. The molecule has 4 N–H and O–H groups in total. The minimum absolute atomic E-state index is 0.0267. The molecule has 0 radical (unpaired) electrons. The van der Waals surface area contributed by atoms with E-state index in [1.165, 1.54) is 22.7 Å². The van der Waals surface area contributed by atoms with Gasteiger partial charge in [-0.1, -0.05) is 54.6 Å². The zero-order valence-electron chi connectivity index (χ0n) is 24.4. The summed E-state index contributed by atoms with van der Waals surface area (Å²) >= 11 is 1.46. The van der Waals surface area contributed by atoms with Crippen molar-refractivity contribution in [3.63, 3.8) is 0 Å². The fourth-order valence-corrected chi connectivity index (χ4v) is 6.86. The van der Waals surface area contributed by atoms with Crippen LogP contribution < -0.4 is 15.4 Å². The van der Waals surface area contributed by atoms with Crippen LogP contribution in [0.1, 0.15) is 53.4 Å². The zero-order valence-corrected chi connectivity index (χ0v) is 25.3. The Morgan fingerprint density at radius 2 is 1.77 bits per heavy atom. The number of fused-ring (bicyclic) bond motifs is 1. The summed E-state index contributed by atoms with van der Waals surface area (Å²) < 4.78 is 5.12. The highest BCUT2D eigenvalue weighted by Gasteiger charge is 2.50. The van der Waals surface area contributed by atoms with Gasteiger partial charge in [0.2, 0.25) is 5.91 Å². The lowest BCUT2D eigenvalue weighted by molar-refractivity contribution is -0.147. The van der Waals surface area contributed by atoms with Gasteiger partial charge in [-0.2, -0.15) is 0 Å². The number of thioether (sulfide) groups is 1. The van der Waals surface area contributed by atoms with E-state index in [4.69, 9.17) is 4.74 Å². The molecule has 1 saturated heterocycles. The van der Waals surface area contributed by atoms with Crippen LogP contribution in [0.25, 0.3) is 0 Å². The fraction of sp³-hybridized carbons (Fsp3) is 0.364. The van der Waals surface area contributed by atoms with Gasteiger partial charge in [-0.15, -0.1) is 11.8 Å². The Balaban J connectivity index is 1.38. The molecule has 2 heterocycles. The average molecular weight is 604 g/mol. The number of amides is 3. The molecule has 0 spiro atoms. The second kappa shape index (κ2) is 12.7. The quantitative estimate of drug-likeness (QED) is 0.309. The smallest absolute Gasteiger partial charge is 0.254 e. The van der Waals surface area contributed by atoms with Crippen LogP contribution in [0.4, 0.5) is 0 Å². The van der Waals surface area contributed by atoms with Crippen molar-refractivity contribution < 1.29 is 29.3 Å². The highest BCUT2D eigenvalue weighted by Crippen LogP contribution is 2.41. The largest absolute Gasteiger partial charge is 0.508 e. The third-order valence-corrected chi connectivity index (χ3v) is 9.53. The van der Waals surface area contributed by atoms with Crippen molar-refractivity contribution in [3.05, 3.63) is 95.1 Å². The van der Waals surface area contributed by atoms with E-state index in [2.05, 4.69) is 10.6 Å². The van der Waals surface area contributed by atoms with Crippen molar-refractivity contribution in [2.24, 2.45) is 0 Å². The number of rotatable bonds is 8. The van der Waals surface area contributed by atoms with Gasteiger partial charge in [0.25, 0.3) is 11.8 Å². The first-order valence-corrected chi connectivity index (χ1v) is 15.3. The van der Waals surface area contributed by atoms with Crippen LogP contribution >= 0.6 is 11.8 Å². The zero-order chi connectivity index (χ0) is 30.7. The van der Waals surface area contributed by atoms with Crippen LogP contribution in [0.2, 0.25) is 0 Å². The van der Waals surface area contributed by atoms with Crippen LogP contribution in [0.5, 0.6) is 11.5 Å². The van der Waals surface area contributed by atoms with Crippen molar-refractivity contribution in [1.82, 2.24) is 15.5 Å². The maximum atomic E-state index is 14.0. The van der Waals surface area contributed by atoms with Crippen molar-refractivity contribution in [3.8, 4) is 11.5 Å². The van der Waals surface area contributed by atoms with Gasteiger partial charge < -0.3 is 30.5 Å². The van der Waals surface area contributed by atoms with E-state index in [1.807, 2.05) is 68.4 Å². The highest BCUT2D eigenvalue weighted by atomic mass is 32.2. The lowest BCUT2D eigenvalue weighted by Gasteiger charge is -2.35. The van der Waals surface area contributed by atoms with Gasteiger partial charge in [-0.05, 0) is 51.0 Å². The van der Waals surface area contributed by atoms with E-state index >= 15 is 0 Å². The van der Waals surface area contributed by atoms with Crippen LogP contribution in [0.15, 0.2) is 72.8 Å². The number of nitrogens with zero attached hydrogens (tertiary/aromatic N) is 1. The van der Waals surface area contributed by atoms with Gasteiger partial charge in [0.15, 0.2) is 6.10 Å². The van der Waals surface area contributed by atoms with Gasteiger partial charge >= 0.3 is 0 Å². The minimum Gasteiger partial charge on any atom is -0.508 e. The Morgan fingerprint density at radius 1 is 1.05 bits per heavy atom. The maximum absolute atomic E-state index is 14.0. The summed E-state index contributed by atoms with van der Waals surface area (Å²) in [6.07, 6.45) is -0.855. The monoisotopic (exact) mass is 603 g/mol. The molecule has 0 saturated carbocycles. The molecular formula is C33H37N3O6S. The molecule has 0 unspecified atom stereocenters. The normalized spacial score (nSPS) is 20.3. The van der Waals surface area contributed by atoms with Gasteiger partial charge in [-0.3, -0.25) is 14.4 Å². The van der Waals surface area contributed by atoms with Crippen molar-refractivity contribution in [2.45, 2.75) is 62.6 Å². The molecule has 1 fully saturated rings. The first-order valence-electron chi connectivity index (χ1n) is 14.3. The molecule has 43 heavy (non-hydrogen) atoms. The Hall–Kier alpha value is -4.02. The van der Waals surface area contributed by atoms with Crippen molar-refractivity contribution in [2.75, 3.05) is 12.5 Å². The average Bonchev–Trinajstić information content (AvgIpc) is 3.32. The molecule has 3 aromatic rings. The predicted molar refractivity (Wildman–Crippen MR) is 165 cm³/mol. The number of aliphatic hydroxyl groups excluding tert-OH is 1. The molecule has 9 nitrogen and oxygen atoms in total. The number of phenols is 1. The minimum atomic E-state index is -1.63. The highest BCUT2D eigenvalue weighted by molar-refractivity contribution is 8.00. The molecule has 0 aromatic heterocycles. The van der Waals surface area contributed by atoms with E-state index in [1.54, 1.807) is 19.1 Å². The third-order valence-electron chi connectivity index (χ3n) is 8.15. The summed E-state index contributed by atoms with van der Waals surface area (Å²) in [5.41, 5.74) is 2.33. The number of phenolic OH excluding ortho intramolecular Hbond substituents is 1. The molecule has 2 aliphatic rings. The number of nitrogens with one attached hydrogen (secondary N) is 2. The Morgan fingerprint density at radius 3 is 2.53 bits per heavy atom. The Labute approximate surface area is 255 Å². The van der Waals surface area contributed by atoms with E-state index in [9.17, 15) is 24.6 Å². The number of para-hydroxylation sites is 1.